The quantitative estimate of drug-likeness (QED) is 0.281. The lowest BCUT2D eigenvalue weighted by Gasteiger charge is -2.36. The fourth-order valence-electron chi connectivity index (χ4n) is 5.06. The van der Waals surface area contributed by atoms with Crippen molar-refractivity contribution < 1.29 is 35.7 Å². The molecular formula is C29H38BrClN2O3. The third-order valence-corrected chi connectivity index (χ3v) is 7.41. The zero-order valence-electron chi connectivity index (χ0n) is 21.3. The lowest BCUT2D eigenvalue weighted by atomic mass is 9.73. The topological polar surface area (TPSA) is 55.5 Å². The Kier molecular flexibility index (Phi) is 10.6. The second-order valence-corrected chi connectivity index (χ2v) is 10.8. The molecule has 0 aliphatic heterocycles. The Morgan fingerprint density at radius 1 is 1.03 bits per heavy atom. The van der Waals surface area contributed by atoms with Gasteiger partial charge in [-0.05, 0) is 42.5 Å². The first-order chi connectivity index (χ1) is 16.9. The van der Waals surface area contributed by atoms with Crippen LogP contribution in [0.5, 0.6) is 0 Å². The SMILES string of the molecule is C[N+](C)(CCOCCc1ccc(Cl)cc1)Cc1cnc([C@](O)(c2ccccc2)C2CCCCC2)o1.[Br-]. The molecule has 0 bridgehead atoms. The number of hydrogen-bond acceptors (Lipinski definition) is 4. The van der Waals surface area contributed by atoms with Crippen molar-refractivity contribution in [3.05, 3.63) is 88.6 Å². The van der Waals surface area contributed by atoms with E-state index in [1.54, 1.807) is 6.20 Å². The predicted molar refractivity (Wildman–Crippen MR) is 139 cm³/mol. The Hall–Kier alpha value is -1.70. The summed E-state index contributed by atoms with van der Waals surface area (Å²) in [5.74, 6) is 1.32. The van der Waals surface area contributed by atoms with E-state index in [2.05, 4.69) is 19.1 Å². The largest absolute Gasteiger partial charge is 1.00 e. The van der Waals surface area contributed by atoms with Crippen LogP contribution >= 0.6 is 11.6 Å². The van der Waals surface area contributed by atoms with E-state index in [1.807, 2.05) is 54.6 Å². The number of halogens is 2. The van der Waals surface area contributed by atoms with Crippen molar-refractivity contribution in [3.63, 3.8) is 0 Å². The molecule has 0 unspecified atom stereocenters. The van der Waals surface area contributed by atoms with Gasteiger partial charge in [0.2, 0.25) is 5.89 Å². The summed E-state index contributed by atoms with van der Waals surface area (Å²) in [6.07, 6.45) is 8.12. The number of benzene rings is 2. The van der Waals surface area contributed by atoms with E-state index in [0.29, 0.717) is 30.1 Å². The molecule has 2 aromatic carbocycles. The van der Waals surface area contributed by atoms with E-state index in [1.165, 1.54) is 12.0 Å². The van der Waals surface area contributed by atoms with E-state index in [0.717, 1.165) is 55.0 Å². The lowest BCUT2D eigenvalue weighted by Crippen LogP contribution is -3.00. The van der Waals surface area contributed by atoms with Gasteiger partial charge in [0.1, 0.15) is 13.1 Å². The van der Waals surface area contributed by atoms with E-state index >= 15 is 0 Å². The monoisotopic (exact) mass is 576 g/mol. The summed E-state index contributed by atoms with van der Waals surface area (Å²) in [5, 5.41) is 12.8. The van der Waals surface area contributed by atoms with Gasteiger partial charge in [-0.2, -0.15) is 0 Å². The minimum atomic E-state index is -1.19. The minimum absolute atomic E-state index is 0. The predicted octanol–water partition coefficient (Wildman–Crippen LogP) is 2.98. The Morgan fingerprint density at radius 3 is 2.42 bits per heavy atom. The first kappa shape index (κ1) is 28.9. The first-order valence-electron chi connectivity index (χ1n) is 12.7. The van der Waals surface area contributed by atoms with Gasteiger partial charge in [0.05, 0.1) is 33.5 Å². The van der Waals surface area contributed by atoms with E-state index in [4.69, 9.17) is 20.8 Å². The second-order valence-electron chi connectivity index (χ2n) is 10.4. The van der Waals surface area contributed by atoms with Crippen LogP contribution in [0.4, 0.5) is 0 Å². The van der Waals surface area contributed by atoms with Crippen molar-refractivity contribution in [2.75, 3.05) is 33.9 Å². The Morgan fingerprint density at radius 2 is 1.72 bits per heavy atom. The van der Waals surface area contributed by atoms with Gasteiger partial charge in [0, 0.05) is 10.9 Å². The molecule has 0 radical (unpaired) electrons. The molecule has 7 heteroatoms. The molecule has 0 amide bonds. The van der Waals surface area contributed by atoms with E-state index in [9.17, 15) is 5.11 Å². The highest BCUT2D eigenvalue weighted by Crippen LogP contribution is 2.43. The fraction of sp³-hybridized carbons (Fsp3) is 0.483. The van der Waals surface area contributed by atoms with Crippen LogP contribution in [0.2, 0.25) is 5.02 Å². The summed E-state index contributed by atoms with van der Waals surface area (Å²) in [7, 11) is 4.32. The maximum absolute atomic E-state index is 12.0. The number of quaternary nitrogens is 1. The molecule has 1 fully saturated rings. The van der Waals surface area contributed by atoms with Crippen molar-refractivity contribution in [2.24, 2.45) is 5.92 Å². The third-order valence-electron chi connectivity index (χ3n) is 7.16. The van der Waals surface area contributed by atoms with Crippen molar-refractivity contribution in [1.82, 2.24) is 4.98 Å². The van der Waals surface area contributed by atoms with E-state index in [-0.39, 0.29) is 22.9 Å². The van der Waals surface area contributed by atoms with Crippen LogP contribution in [0.3, 0.4) is 0 Å². The number of oxazole rings is 1. The van der Waals surface area contributed by atoms with Gasteiger partial charge in [-0.1, -0.05) is 73.3 Å². The number of rotatable bonds is 11. The first-order valence-corrected chi connectivity index (χ1v) is 13.1. The summed E-state index contributed by atoms with van der Waals surface area (Å²) < 4.78 is 12.9. The smallest absolute Gasteiger partial charge is 0.231 e. The molecule has 1 atom stereocenters. The average Bonchev–Trinajstić information content (AvgIpc) is 3.33. The van der Waals surface area contributed by atoms with Crippen LogP contribution in [0, 0.1) is 5.92 Å². The van der Waals surface area contributed by atoms with Crippen molar-refractivity contribution in [1.29, 1.82) is 0 Å². The molecule has 1 aliphatic rings. The minimum Gasteiger partial charge on any atom is -1.00 e. The Balaban J connectivity index is 0.00000361. The summed E-state index contributed by atoms with van der Waals surface area (Å²) in [5.41, 5.74) is 0.895. The van der Waals surface area contributed by atoms with Gasteiger partial charge < -0.3 is 35.7 Å². The Labute approximate surface area is 230 Å². The van der Waals surface area contributed by atoms with Crippen molar-refractivity contribution >= 4 is 11.6 Å². The molecule has 196 valence electrons. The molecule has 1 heterocycles. The highest BCUT2D eigenvalue weighted by Gasteiger charge is 2.44. The number of aromatic nitrogens is 1. The second kappa shape index (κ2) is 13.2. The van der Waals surface area contributed by atoms with Crippen LogP contribution in [-0.2, 0) is 23.3 Å². The normalized spacial score (nSPS) is 16.3. The van der Waals surface area contributed by atoms with Crippen LogP contribution in [-0.4, -0.2) is 48.4 Å². The maximum atomic E-state index is 12.0. The number of likely N-dealkylation sites (N-methyl/N-ethyl adjacent to an activating group) is 1. The van der Waals surface area contributed by atoms with E-state index < -0.39 is 5.60 Å². The highest BCUT2D eigenvalue weighted by atomic mass is 79.9. The zero-order chi connectivity index (χ0) is 24.7. The zero-order valence-corrected chi connectivity index (χ0v) is 23.7. The van der Waals surface area contributed by atoms with Crippen molar-refractivity contribution in [2.45, 2.75) is 50.7 Å². The number of aliphatic hydroxyl groups is 1. The molecule has 1 saturated carbocycles. The molecule has 1 aromatic heterocycles. The standard InChI is InChI=1S/C29H38ClN2O3.BrH/c1-32(2,18-20-34-19-17-23-13-15-26(30)16-14-23)22-27-21-31-28(35-27)29(33,24-9-5-3-6-10-24)25-11-7-4-8-12-25;/h3,5-6,9-10,13-16,21,25,33H,4,7-8,11-12,17-20,22H2,1-2H3;1H/q+1;/p-1/t29-;/m0./s1. The van der Waals surface area contributed by atoms with Crippen molar-refractivity contribution in [3.8, 4) is 0 Å². The van der Waals surface area contributed by atoms with Gasteiger partial charge in [-0.3, -0.25) is 0 Å². The molecule has 0 spiro atoms. The van der Waals surface area contributed by atoms with Crippen LogP contribution in [0.25, 0.3) is 0 Å². The summed E-state index contributed by atoms with van der Waals surface area (Å²) in [6, 6.07) is 17.8. The van der Waals surface area contributed by atoms with Gasteiger partial charge >= 0.3 is 0 Å². The highest BCUT2D eigenvalue weighted by molar-refractivity contribution is 6.30. The third kappa shape index (κ3) is 7.42. The van der Waals surface area contributed by atoms with Gasteiger partial charge in [0.15, 0.2) is 11.4 Å². The molecule has 1 N–H and O–H groups in total. The fourth-order valence-corrected chi connectivity index (χ4v) is 5.18. The summed E-state index contributed by atoms with van der Waals surface area (Å²) in [6.45, 7) is 2.88. The molecule has 5 nitrogen and oxygen atoms in total. The van der Waals surface area contributed by atoms with Crippen LogP contribution in [0.1, 0.15) is 54.9 Å². The molecule has 36 heavy (non-hydrogen) atoms. The number of ether oxygens (including phenoxy) is 1. The number of nitrogens with zero attached hydrogens (tertiary/aromatic N) is 2. The Bertz CT molecular complexity index is 1050. The molecule has 0 saturated heterocycles. The van der Waals surface area contributed by atoms with Gasteiger partial charge in [-0.25, -0.2) is 4.98 Å². The molecule has 4 rings (SSSR count). The summed E-state index contributed by atoms with van der Waals surface area (Å²) >= 11 is 5.95. The average molecular weight is 578 g/mol. The van der Waals surface area contributed by atoms with Crippen LogP contribution in [0.15, 0.2) is 65.2 Å². The molecule has 3 aromatic rings. The summed E-state index contributed by atoms with van der Waals surface area (Å²) in [4.78, 5) is 4.61. The molecular weight excluding hydrogens is 540 g/mol. The number of hydrogen-bond donors (Lipinski definition) is 1. The van der Waals surface area contributed by atoms with Crippen LogP contribution < -0.4 is 17.0 Å². The maximum Gasteiger partial charge on any atom is 0.231 e. The molecule has 1 aliphatic carbocycles. The lowest BCUT2D eigenvalue weighted by molar-refractivity contribution is -0.904. The van der Waals surface area contributed by atoms with Gasteiger partial charge in [-0.15, -0.1) is 0 Å². The van der Waals surface area contributed by atoms with Gasteiger partial charge in [0.25, 0.3) is 0 Å².